The van der Waals surface area contributed by atoms with E-state index in [2.05, 4.69) is 15.9 Å². The van der Waals surface area contributed by atoms with Crippen LogP contribution in [0.3, 0.4) is 0 Å². The van der Waals surface area contributed by atoms with E-state index < -0.39 is 22.9 Å². The van der Waals surface area contributed by atoms with Crippen LogP contribution in [0, 0.1) is 10.1 Å². The van der Waals surface area contributed by atoms with Gasteiger partial charge in [0.25, 0.3) is 11.6 Å². The predicted molar refractivity (Wildman–Crippen MR) is 74.1 cm³/mol. The normalized spacial score (nSPS) is 18.3. The minimum absolute atomic E-state index is 0.0818. The van der Waals surface area contributed by atoms with Crippen molar-refractivity contribution >= 4 is 33.5 Å². The van der Waals surface area contributed by atoms with Gasteiger partial charge in [-0.05, 0) is 22.0 Å². The Hall–Kier alpha value is -2.00. The molecule has 1 aliphatic heterocycles. The number of benzene rings is 1. The molecule has 1 saturated heterocycles. The molecule has 21 heavy (non-hydrogen) atoms. The highest BCUT2D eigenvalue weighted by molar-refractivity contribution is 9.10. The van der Waals surface area contributed by atoms with Crippen molar-refractivity contribution < 1.29 is 24.4 Å². The quantitative estimate of drug-likeness (QED) is 0.643. The van der Waals surface area contributed by atoms with E-state index in [9.17, 15) is 19.7 Å². The number of carboxylic acids is 1. The average molecular weight is 359 g/mol. The summed E-state index contributed by atoms with van der Waals surface area (Å²) in [6, 6.07) is 4.14. The van der Waals surface area contributed by atoms with E-state index in [0.717, 1.165) is 0 Å². The molecule has 112 valence electrons. The van der Waals surface area contributed by atoms with E-state index in [4.69, 9.17) is 9.84 Å². The van der Waals surface area contributed by atoms with Crippen molar-refractivity contribution in [2.45, 2.75) is 6.10 Å². The number of carbonyl (C=O) groups excluding carboxylic acids is 1. The lowest BCUT2D eigenvalue weighted by Gasteiger charge is -2.31. The average Bonchev–Trinajstić information content (AvgIpc) is 2.46. The molecular weight excluding hydrogens is 348 g/mol. The van der Waals surface area contributed by atoms with E-state index >= 15 is 0 Å². The summed E-state index contributed by atoms with van der Waals surface area (Å²) >= 11 is 3.06. The third kappa shape index (κ3) is 3.19. The Balaban J connectivity index is 2.26. The Morgan fingerprint density at radius 3 is 2.81 bits per heavy atom. The number of ether oxygens (including phenoxy) is 1. The Bertz CT molecular complexity index is 605. The van der Waals surface area contributed by atoms with E-state index in [1.807, 2.05) is 0 Å². The molecule has 0 saturated carbocycles. The van der Waals surface area contributed by atoms with Crippen LogP contribution in [-0.2, 0) is 9.53 Å². The van der Waals surface area contributed by atoms with Crippen LogP contribution in [0.1, 0.15) is 10.4 Å². The van der Waals surface area contributed by atoms with Crippen molar-refractivity contribution in [1.82, 2.24) is 4.90 Å². The van der Waals surface area contributed by atoms with Crippen LogP contribution in [0.5, 0.6) is 0 Å². The number of hydrogen-bond donors (Lipinski definition) is 1. The highest BCUT2D eigenvalue weighted by Crippen LogP contribution is 2.29. The topological polar surface area (TPSA) is 110 Å². The minimum Gasteiger partial charge on any atom is -0.479 e. The summed E-state index contributed by atoms with van der Waals surface area (Å²) in [7, 11) is 0. The predicted octanol–water partition coefficient (Wildman–Crippen LogP) is 1.28. The second-order valence-corrected chi connectivity index (χ2v) is 5.14. The van der Waals surface area contributed by atoms with E-state index in [1.165, 1.54) is 23.1 Å². The summed E-state index contributed by atoms with van der Waals surface area (Å²) < 4.78 is 5.12. The largest absolute Gasteiger partial charge is 0.479 e. The van der Waals surface area contributed by atoms with Crippen LogP contribution in [-0.4, -0.2) is 52.6 Å². The molecule has 1 aliphatic rings. The summed E-state index contributed by atoms with van der Waals surface area (Å²) in [4.78, 5) is 34.9. The number of nitrogens with zero attached hydrogens (tertiary/aromatic N) is 2. The zero-order valence-corrected chi connectivity index (χ0v) is 12.3. The van der Waals surface area contributed by atoms with Gasteiger partial charge in [0.1, 0.15) is 4.47 Å². The van der Waals surface area contributed by atoms with Gasteiger partial charge in [-0.1, -0.05) is 6.07 Å². The molecule has 0 spiro atoms. The molecule has 0 bridgehead atoms. The van der Waals surface area contributed by atoms with Crippen molar-refractivity contribution in [2.24, 2.45) is 0 Å². The Morgan fingerprint density at radius 2 is 2.19 bits per heavy atom. The minimum atomic E-state index is -1.15. The molecule has 2 rings (SSSR count). The Morgan fingerprint density at radius 1 is 1.48 bits per heavy atom. The molecule has 1 fully saturated rings. The van der Waals surface area contributed by atoms with Gasteiger partial charge in [0.2, 0.25) is 0 Å². The van der Waals surface area contributed by atoms with Gasteiger partial charge in [-0.2, -0.15) is 0 Å². The van der Waals surface area contributed by atoms with E-state index in [0.29, 0.717) is 0 Å². The molecular formula is C12H11BrN2O6. The van der Waals surface area contributed by atoms with Crippen molar-refractivity contribution in [2.75, 3.05) is 19.7 Å². The number of carboxylic acid groups (broad SMARTS) is 1. The number of morpholine rings is 1. The van der Waals surface area contributed by atoms with Crippen LogP contribution in [0.4, 0.5) is 5.69 Å². The second kappa shape index (κ2) is 6.19. The monoisotopic (exact) mass is 358 g/mol. The highest BCUT2D eigenvalue weighted by atomic mass is 79.9. The third-order valence-electron chi connectivity index (χ3n) is 3.03. The lowest BCUT2D eigenvalue weighted by Crippen LogP contribution is -2.48. The molecule has 1 amide bonds. The molecule has 9 heteroatoms. The summed E-state index contributed by atoms with van der Waals surface area (Å²) in [6.45, 7) is 0.246. The molecule has 0 radical (unpaired) electrons. The zero-order chi connectivity index (χ0) is 15.6. The summed E-state index contributed by atoms with van der Waals surface area (Å²) in [6.07, 6.45) is -1.08. The van der Waals surface area contributed by atoms with Crippen molar-refractivity contribution in [1.29, 1.82) is 0 Å². The number of halogens is 1. The number of nitro groups is 1. The van der Waals surface area contributed by atoms with E-state index in [-0.39, 0.29) is 35.4 Å². The van der Waals surface area contributed by atoms with Crippen molar-refractivity contribution in [3.8, 4) is 0 Å². The number of amides is 1. The van der Waals surface area contributed by atoms with Gasteiger partial charge in [0, 0.05) is 12.6 Å². The standard InChI is InChI=1S/C12H11BrN2O6/c13-10-7(2-1-3-8(10)15(19)20)11(16)14-4-5-21-9(6-14)12(17)18/h1-3,9H,4-6H2,(H,17,18). The Kier molecular flexibility index (Phi) is 4.53. The first-order chi connectivity index (χ1) is 9.91. The van der Waals surface area contributed by atoms with Gasteiger partial charge < -0.3 is 14.7 Å². The molecule has 1 aromatic rings. The van der Waals surface area contributed by atoms with Gasteiger partial charge in [-0.15, -0.1) is 0 Å². The zero-order valence-electron chi connectivity index (χ0n) is 10.7. The van der Waals surface area contributed by atoms with Crippen LogP contribution in [0.15, 0.2) is 22.7 Å². The van der Waals surface area contributed by atoms with E-state index in [1.54, 1.807) is 0 Å². The molecule has 1 aromatic carbocycles. The van der Waals surface area contributed by atoms with Gasteiger partial charge in [-0.25, -0.2) is 4.79 Å². The van der Waals surface area contributed by atoms with Gasteiger partial charge >= 0.3 is 5.97 Å². The second-order valence-electron chi connectivity index (χ2n) is 4.34. The SMILES string of the molecule is O=C(O)C1CN(C(=O)c2cccc([N+](=O)[O-])c2Br)CCO1. The smallest absolute Gasteiger partial charge is 0.334 e. The van der Waals surface area contributed by atoms with Crippen LogP contribution >= 0.6 is 15.9 Å². The van der Waals surface area contributed by atoms with Gasteiger partial charge in [0.05, 0.1) is 23.6 Å². The first kappa shape index (κ1) is 15.4. The highest BCUT2D eigenvalue weighted by Gasteiger charge is 2.31. The number of nitro benzene ring substituents is 1. The molecule has 1 atom stereocenters. The number of hydrogen-bond acceptors (Lipinski definition) is 5. The fraction of sp³-hybridized carbons (Fsp3) is 0.333. The number of rotatable bonds is 3. The summed E-state index contributed by atoms with van der Waals surface area (Å²) in [5.41, 5.74) is -0.0980. The van der Waals surface area contributed by atoms with Crippen LogP contribution in [0.2, 0.25) is 0 Å². The molecule has 1 unspecified atom stereocenters. The van der Waals surface area contributed by atoms with Crippen LogP contribution in [0.25, 0.3) is 0 Å². The molecule has 8 nitrogen and oxygen atoms in total. The molecule has 0 aliphatic carbocycles. The fourth-order valence-corrected chi connectivity index (χ4v) is 2.56. The maximum absolute atomic E-state index is 12.4. The number of carbonyl (C=O) groups is 2. The fourth-order valence-electron chi connectivity index (χ4n) is 1.98. The molecule has 1 heterocycles. The molecule has 0 aromatic heterocycles. The van der Waals surface area contributed by atoms with Crippen LogP contribution < -0.4 is 0 Å². The Labute approximate surface area is 127 Å². The number of aliphatic carboxylic acids is 1. The lowest BCUT2D eigenvalue weighted by molar-refractivity contribution is -0.385. The lowest BCUT2D eigenvalue weighted by atomic mass is 10.1. The summed E-state index contributed by atoms with van der Waals surface area (Å²) in [5, 5.41) is 19.8. The molecule has 1 N–H and O–H groups in total. The maximum Gasteiger partial charge on any atom is 0.334 e. The van der Waals surface area contributed by atoms with Gasteiger partial charge in [0.15, 0.2) is 6.10 Å². The van der Waals surface area contributed by atoms with Gasteiger partial charge in [-0.3, -0.25) is 14.9 Å². The van der Waals surface area contributed by atoms with Crippen molar-refractivity contribution in [3.05, 3.63) is 38.3 Å². The maximum atomic E-state index is 12.4. The first-order valence-corrected chi connectivity index (χ1v) is 6.77. The first-order valence-electron chi connectivity index (χ1n) is 5.98. The van der Waals surface area contributed by atoms with Crippen molar-refractivity contribution in [3.63, 3.8) is 0 Å². The summed E-state index contributed by atoms with van der Waals surface area (Å²) in [5.74, 6) is -1.62. The third-order valence-corrected chi connectivity index (χ3v) is 3.87.